The highest BCUT2D eigenvalue weighted by Crippen LogP contribution is 2.36. The molecule has 0 radical (unpaired) electrons. The van der Waals surface area contributed by atoms with Crippen molar-refractivity contribution in [1.29, 1.82) is 0 Å². The minimum Gasteiger partial charge on any atom is -0.354 e. The van der Waals surface area contributed by atoms with Crippen LogP contribution in [0, 0.1) is 12.1 Å². The molecule has 0 aliphatic heterocycles. The molecule has 1 aliphatic rings. The molecule has 0 fully saturated rings. The highest BCUT2D eigenvalue weighted by Gasteiger charge is 2.32. The van der Waals surface area contributed by atoms with Crippen LogP contribution in [0.2, 0.25) is 0 Å². The maximum Gasteiger partial charge on any atom is 0.202 e. The molecular formula is C24H11NO2. The topological polar surface area (TPSA) is 49.9 Å². The van der Waals surface area contributed by atoms with E-state index >= 15 is 0 Å². The normalized spacial score (nSPS) is 13.0. The number of hydrogen-bond donors (Lipinski definition) is 1. The molecule has 4 aromatic carbocycles. The lowest BCUT2D eigenvalue weighted by Gasteiger charge is -2.16. The minimum atomic E-state index is -0.179. The number of aromatic nitrogens is 1. The summed E-state index contributed by atoms with van der Waals surface area (Å²) >= 11 is 0. The first-order valence-corrected chi connectivity index (χ1v) is 8.71. The molecule has 124 valence electrons. The van der Waals surface area contributed by atoms with Crippen molar-refractivity contribution in [2.24, 2.45) is 0 Å². The summed E-state index contributed by atoms with van der Waals surface area (Å²) < 4.78 is 0. The van der Waals surface area contributed by atoms with E-state index in [0.717, 1.165) is 32.6 Å². The summed E-state index contributed by atoms with van der Waals surface area (Å²) in [6.07, 6.45) is 0. The number of hydrogen-bond acceptors (Lipinski definition) is 2. The molecule has 0 saturated heterocycles. The van der Waals surface area contributed by atoms with Gasteiger partial charge in [-0.15, -0.1) is 0 Å². The molecule has 0 atom stereocenters. The van der Waals surface area contributed by atoms with E-state index in [1.807, 2.05) is 18.2 Å². The van der Waals surface area contributed by atoms with E-state index in [-0.39, 0.29) is 11.6 Å². The highest BCUT2D eigenvalue weighted by molar-refractivity contribution is 6.33. The number of aromatic amines is 1. The summed E-state index contributed by atoms with van der Waals surface area (Å²) in [7, 11) is 0. The average Bonchev–Trinajstić information content (AvgIpc) is 3.07. The van der Waals surface area contributed by atoms with Crippen molar-refractivity contribution in [3.05, 3.63) is 95.1 Å². The van der Waals surface area contributed by atoms with Crippen molar-refractivity contribution in [1.82, 2.24) is 4.98 Å². The van der Waals surface area contributed by atoms with E-state index in [1.165, 1.54) is 0 Å². The van der Waals surface area contributed by atoms with Crippen molar-refractivity contribution in [2.45, 2.75) is 0 Å². The van der Waals surface area contributed by atoms with Crippen LogP contribution in [-0.4, -0.2) is 16.6 Å². The van der Waals surface area contributed by atoms with Crippen molar-refractivity contribution in [3.8, 4) is 0 Å². The van der Waals surface area contributed by atoms with Crippen LogP contribution in [0.25, 0.3) is 32.6 Å². The summed E-state index contributed by atoms with van der Waals surface area (Å²) in [5, 5.41) is 4.26. The van der Waals surface area contributed by atoms with Gasteiger partial charge in [0.25, 0.3) is 0 Å². The number of fused-ring (bicyclic) bond motifs is 7. The number of rotatable bonds is 0. The molecule has 1 heterocycles. The Morgan fingerprint density at radius 2 is 1.59 bits per heavy atom. The summed E-state index contributed by atoms with van der Waals surface area (Å²) in [6.45, 7) is 0. The third-order valence-electron chi connectivity index (χ3n) is 5.38. The lowest BCUT2D eigenvalue weighted by molar-refractivity contribution is 0.0980. The van der Waals surface area contributed by atoms with Crippen molar-refractivity contribution in [2.75, 3.05) is 0 Å². The van der Waals surface area contributed by atoms with Crippen LogP contribution >= 0.6 is 0 Å². The maximum absolute atomic E-state index is 13.2. The highest BCUT2D eigenvalue weighted by atomic mass is 16.1. The van der Waals surface area contributed by atoms with Crippen molar-refractivity contribution >= 4 is 44.1 Å². The molecule has 1 aliphatic carbocycles. The van der Waals surface area contributed by atoms with Crippen LogP contribution in [0.1, 0.15) is 31.8 Å². The van der Waals surface area contributed by atoms with Crippen LogP contribution in [-0.2, 0) is 0 Å². The zero-order chi connectivity index (χ0) is 18.1. The van der Waals surface area contributed by atoms with Crippen LogP contribution in [0.4, 0.5) is 0 Å². The van der Waals surface area contributed by atoms with Gasteiger partial charge in [-0.3, -0.25) is 9.59 Å². The van der Waals surface area contributed by atoms with Crippen LogP contribution in [0.5, 0.6) is 0 Å². The number of ketones is 2. The smallest absolute Gasteiger partial charge is 0.202 e. The Hall–Kier alpha value is -3.90. The van der Waals surface area contributed by atoms with E-state index < -0.39 is 0 Å². The number of H-pyrrole nitrogens is 1. The van der Waals surface area contributed by atoms with E-state index in [9.17, 15) is 9.59 Å². The number of benzene rings is 3. The van der Waals surface area contributed by atoms with Gasteiger partial charge < -0.3 is 4.98 Å². The molecule has 0 amide bonds. The molecule has 1 N–H and O–H groups in total. The number of nitrogens with one attached hydrogen (secondary N) is 1. The van der Waals surface area contributed by atoms with Crippen LogP contribution in [0.3, 0.4) is 0 Å². The van der Waals surface area contributed by atoms with E-state index in [0.29, 0.717) is 22.3 Å². The molecule has 0 saturated carbocycles. The summed E-state index contributed by atoms with van der Waals surface area (Å²) in [6, 6.07) is 24.9. The van der Waals surface area contributed by atoms with Gasteiger partial charge in [0.05, 0.1) is 16.6 Å². The Bertz CT molecular complexity index is 1460. The summed E-state index contributed by atoms with van der Waals surface area (Å²) in [5.74, 6) is -0.325. The molecule has 27 heavy (non-hydrogen) atoms. The minimum absolute atomic E-state index is 0.147. The third-order valence-corrected chi connectivity index (χ3v) is 5.38. The quantitative estimate of drug-likeness (QED) is 0.428. The van der Waals surface area contributed by atoms with Gasteiger partial charge in [0, 0.05) is 27.4 Å². The molecule has 5 aromatic rings. The fraction of sp³-hybridized carbons (Fsp3) is 0. The molecule has 0 bridgehead atoms. The second-order valence-corrected chi connectivity index (χ2v) is 6.83. The Kier molecular flexibility index (Phi) is 2.56. The fourth-order valence-corrected chi connectivity index (χ4v) is 4.11. The van der Waals surface area contributed by atoms with E-state index in [4.69, 9.17) is 0 Å². The Morgan fingerprint density at radius 3 is 2.44 bits per heavy atom. The molecule has 0 spiro atoms. The predicted molar refractivity (Wildman–Crippen MR) is 104 cm³/mol. The zero-order valence-electron chi connectivity index (χ0n) is 14.1. The largest absolute Gasteiger partial charge is 0.354 e. The van der Waals surface area contributed by atoms with Crippen LogP contribution in [0.15, 0.2) is 60.7 Å². The Labute approximate surface area is 154 Å². The zero-order valence-corrected chi connectivity index (χ0v) is 14.1. The van der Waals surface area contributed by atoms with Gasteiger partial charge in [-0.05, 0) is 41.1 Å². The van der Waals surface area contributed by atoms with Crippen molar-refractivity contribution in [3.63, 3.8) is 0 Å². The first-order valence-electron chi connectivity index (χ1n) is 8.71. The van der Waals surface area contributed by atoms with Gasteiger partial charge in [0.1, 0.15) is 0 Å². The molecule has 3 nitrogen and oxygen atoms in total. The van der Waals surface area contributed by atoms with Crippen molar-refractivity contribution < 1.29 is 9.59 Å². The average molecular weight is 345 g/mol. The third kappa shape index (κ3) is 1.77. The summed E-state index contributed by atoms with van der Waals surface area (Å²) in [5.41, 5.74) is 3.24. The second-order valence-electron chi connectivity index (χ2n) is 6.83. The van der Waals surface area contributed by atoms with Gasteiger partial charge in [-0.1, -0.05) is 42.5 Å². The second kappa shape index (κ2) is 4.84. The Morgan fingerprint density at radius 1 is 0.778 bits per heavy atom. The van der Waals surface area contributed by atoms with E-state index in [1.54, 1.807) is 18.2 Å². The Balaban J connectivity index is 1.74. The molecular weight excluding hydrogens is 334 g/mol. The van der Waals surface area contributed by atoms with Gasteiger partial charge in [0.2, 0.25) is 5.78 Å². The van der Waals surface area contributed by atoms with Gasteiger partial charge >= 0.3 is 0 Å². The van der Waals surface area contributed by atoms with Gasteiger partial charge in [0.15, 0.2) is 5.78 Å². The lowest BCUT2D eigenvalue weighted by atomic mass is 9.84. The monoisotopic (exact) mass is 345 g/mol. The number of carbonyl (C=O) groups is 2. The predicted octanol–water partition coefficient (Wildman–Crippen LogP) is 4.85. The number of carbonyl (C=O) groups excluding carboxylic acids is 2. The maximum atomic E-state index is 13.2. The SMILES string of the molecule is O=C1c2c#cccc2C(=O)c2c1ccc1c2[nH]c2cc3ccccc3cc21. The molecule has 3 heteroatoms. The van der Waals surface area contributed by atoms with Gasteiger partial charge in [-0.2, -0.15) is 0 Å². The molecule has 1 aromatic heterocycles. The van der Waals surface area contributed by atoms with Crippen LogP contribution < -0.4 is 0 Å². The van der Waals surface area contributed by atoms with E-state index in [2.05, 4.69) is 41.4 Å². The summed E-state index contributed by atoms with van der Waals surface area (Å²) in [4.78, 5) is 29.4. The molecule has 6 rings (SSSR count). The molecule has 0 unspecified atom stereocenters. The van der Waals surface area contributed by atoms with Gasteiger partial charge in [-0.25, -0.2) is 0 Å². The fourth-order valence-electron chi connectivity index (χ4n) is 4.11. The standard InChI is InChI=1S/C24H11NO2/c26-23-16-7-3-4-8-17(16)24(27)21-18(23)10-9-15-19-11-13-5-1-2-6-14(13)12-20(19)25-22(15)21/h1-2,4-6,8-12,25H. The first-order chi connectivity index (χ1) is 13.2. The first kappa shape index (κ1) is 14.3. The lowest BCUT2D eigenvalue weighted by Crippen LogP contribution is -2.20.